The van der Waals surface area contributed by atoms with Crippen LogP contribution in [-0.2, 0) is 0 Å². The smallest absolute Gasteiger partial charge is 0.162 e. The van der Waals surface area contributed by atoms with Gasteiger partial charge in [-0.2, -0.15) is 5.26 Å². The summed E-state index contributed by atoms with van der Waals surface area (Å²) in [7, 11) is 0. The van der Waals surface area contributed by atoms with E-state index in [0.717, 1.165) is 12.1 Å². The third-order valence-electron chi connectivity index (χ3n) is 2.75. The number of hydrogen-bond acceptors (Lipinski definition) is 5. The van der Waals surface area contributed by atoms with Gasteiger partial charge in [-0.15, -0.1) is 0 Å². The van der Waals surface area contributed by atoms with Crippen molar-refractivity contribution in [3.05, 3.63) is 53.9 Å². The molecule has 0 amide bonds. The Kier molecular flexibility index (Phi) is 5.22. The zero-order valence-corrected chi connectivity index (χ0v) is 11.5. The van der Waals surface area contributed by atoms with Gasteiger partial charge in [0.2, 0.25) is 0 Å². The van der Waals surface area contributed by atoms with Gasteiger partial charge in [0.15, 0.2) is 11.6 Å². The van der Waals surface area contributed by atoms with Crippen LogP contribution in [0.25, 0.3) is 0 Å². The first-order valence-electron chi connectivity index (χ1n) is 6.44. The average Bonchev–Trinajstić information content (AvgIpc) is 2.54. The van der Waals surface area contributed by atoms with Crippen LogP contribution in [0.1, 0.15) is 5.69 Å². The zero-order chi connectivity index (χ0) is 15.9. The molecule has 2 aromatic rings. The van der Waals surface area contributed by atoms with Gasteiger partial charge >= 0.3 is 0 Å². The lowest BCUT2D eigenvalue weighted by atomic mass is 10.3. The lowest BCUT2D eigenvalue weighted by Gasteiger charge is -2.14. The summed E-state index contributed by atoms with van der Waals surface area (Å²) in [5.74, 6) is -1.82. The third-order valence-corrected chi connectivity index (χ3v) is 2.75. The Labute approximate surface area is 125 Å². The van der Waals surface area contributed by atoms with E-state index in [1.54, 1.807) is 12.1 Å². The van der Waals surface area contributed by atoms with E-state index in [1.807, 2.05) is 6.07 Å². The van der Waals surface area contributed by atoms with Crippen LogP contribution in [0.3, 0.4) is 0 Å². The average molecular weight is 305 g/mol. The molecule has 0 aliphatic carbocycles. The van der Waals surface area contributed by atoms with Gasteiger partial charge in [0.25, 0.3) is 0 Å². The lowest BCUT2D eigenvalue weighted by molar-refractivity contribution is 0.117. The minimum atomic E-state index is -1.01. The van der Waals surface area contributed by atoms with Crippen LogP contribution in [-0.4, -0.2) is 29.3 Å². The lowest BCUT2D eigenvalue weighted by Crippen LogP contribution is -2.26. The molecule has 0 saturated carbocycles. The maximum absolute atomic E-state index is 13.0. The maximum Gasteiger partial charge on any atom is 0.162 e. The van der Waals surface area contributed by atoms with Crippen molar-refractivity contribution in [2.45, 2.75) is 6.10 Å². The maximum atomic E-state index is 13.0. The van der Waals surface area contributed by atoms with E-state index in [1.165, 1.54) is 12.3 Å². The van der Waals surface area contributed by atoms with Crippen molar-refractivity contribution in [3.63, 3.8) is 0 Å². The minimum absolute atomic E-state index is 0.0816. The Morgan fingerprint density at radius 2 is 2.09 bits per heavy atom. The third kappa shape index (κ3) is 4.40. The van der Waals surface area contributed by atoms with Gasteiger partial charge in [0.1, 0.15) is 30.2 Å². The summed E-state index contributed by atoms with van der Waals surface area (Å²) in [6, 6.07) is 8.26. The van der Waals surface area contributed by atoms with E-state index in [-0.39, 0.29) is 18.9 Å². The van der Waals surface area contributed by atoms with Gasteiger partial charge in [0, 0.05) is 12.6 Å². The van der Waals surface area contributed by atoms with Crippen molar-refractivity contribution in [2.24, 2.45) is 0 Å². The van der Waals surface area contributed by atoms with E-state index < -0.39 is 17.7 Å². The summed E-state index contributed by atoms with van der Waals surface area (Å²) in [5.41, 5.74) is 0.943. The van der Waals surface area contributed by atoms with Crippen molar-refractivity contribution in [3.8, 4) is 11.8 Å². The number of nitriles is 1. The van der Waals surface area contributed by atoms with Crippen molar-refractivity contribution in [2.75, 3.05) is 18.5 Å². The Hall–Kier alpha value is -2.72. The summed E-state index contributed by atoms with van der Waals surface area (Å²) in [5, 5.41) is 21.3. The number of aliphatic hydroxyl groups is 1. The molecule has 1 heterocycles. The molecule has 1 unspecified atom stereocenters. The molecule has 0 radical (unpaired) electrons. The number of hydrogen-bond donors (Lipinski definition) is 2. The van der Waals surface area contributed by atoms with E-state index in [2.05, 4.69) is 10.3 Å². The molecule has 114 valence electrons. The topological polar surface area (TPSA) is 78.2 Å². The van der Waals surface area contributed by atoms with Crippen LogP contribution in [0.4, 0.5) is 14.5 Å². The van der Waals surface area contributed by atoms with Gasteiger partial charge in [0.05, 0.1) is 11.9 Å². The van der Waals surface area contributed by atoms with E-state index in [0.29, 0.717) is 11.4 Å². The van der Waals surface area contributed by atoms with Crippen molar-refractivity contribution in [1.29, 1.82) is 5.26 Å². The van der Waals surface area contributed by atoms with Crippen LogP contribution >= 0.6 is 0 Å². The summed E-state index contributed by atoms with van der Waals surface area (Å²) >= 11 is 0. The van der Waals surface area contributed by atoms with Gasteiger partial charge in [-0.25, -0.2) is 13.8 Å². The highest BCUT2D eigenvalue weighted by molar-refractivity contribution is 5.42. The number of anilines is 1. The molecular weight excluding hydrogens is 292 g/mol. The SMILES string of the molecule is N#Cc1ccc(NCC(O)COc2ccc(F)c(F)c2)cn1. The minimum Gasteiger partial charge on any atom is -0.491 e. The Balaban J connectivity index is 1.78. The molecule has 0 saturated heterocycles. The van der Waals surface area contributed by atoms with E-state index in [9.17, 15) is 13.9 Å². The highest BCUT2D eigenvalue weighted by Gasteiger charge is 2.08. The number of nitrogens with one attached hydrogen (secondary N) is 1. The van der Waals surface area contributed by atoms with Crippen LogP contribution < -0.4 is 10.1 Å². The second-order valence-electron chi connectivity index (χ2n) is 4.47. The molecule has 0 bridgehead atoms. The Bertz CT molecular complexity index is 671. The van der Waals surface area contributed by atoms with Crippen LogP contribution in [0.5, 0.6) is 5.75 Å². The van der Waals surface area contributed by atoms with Gasteiger partial charge in [-0.05, 0) is 24.3 Å². The summed E-state index contributed by atoms with van der Waals surface area (Å²) in [6.07, 6.45) is 0.616. The number of ether oxygens (including phenoxy) is 1. The van der Waals surface area contributed by atoms with Crippen molar-refractivity contribution >= 4 is 5.69 Å². The number of rotatable bonds is 6. The number of benzene rings is 1. The Morgan fingerprint density at radius 1 is 1.27 bits per heavy atom. The van der Waals surface area contributed by atoms with Gasteiger partial charge in [-0.3, -0.25) is 0 Å². The monoisotopic (exact) mass is 305 g/mol. The zero-order valence-electron chi connectivity index (χ0n) is 11.5. The highest BCUT2D eigenvalue weighted by Crippen LogP contribution is 2.15. The Morgan fingerprint density at radius 3 is 2.73 bits per heavy atom. The first kappa shape index (κ1) is 15.7. The van der Waals surface area contributed by atoms with E-state index >= 15 is 0 Å². The molecule has 0 fully saturated rings. The molecule has 1 aromatic carbocycles. The normalized spacial score (nSPS) is 11.5. The van der Waals surface area contributed by atoms with Crippen molar-refractivity contribution in [1.82, 2.24) is 4.98 Å². The standard InChI is InChI=1S/C15H13F2N3O2/c16-14-4-3-13(5-15(14)17)22-9-12(21)8-20-11-2-1-10(6-18)19-7-11/h1-5,7,12,20-21H,8-9H2. The summed E-state index contributed by atoms with van der Waals surface area (Å²) in [6.45, 7) is 0.0963. The summed E-state index contributed by atoms with van der Waals surface area (Å²) < 4.78 is 30.9. The first-order valence-corrected chi connectivity index (χ1v) is 6.44. The number of halogens is 2. The molecule has 2 rings (SSSR count). The van der Waals surface area contributed by atoms with Crippen LogP contribution in [0.15, 0.2) is 36.5 Å². The fourth-order valence-corrected chi connectivity index (χ4v) is 1.62. The van der Waals surface area contributed by atoms with Crippen LogP contribution in [0, 0.1) is 23.0 Å². The molecule has 0 aliphatic heterocycles. The molecule has 2 N–H and O–H groups in total. The molecule has 5 nitrogen and oxygen atoms in total. The first-order chi connectivity index (χ1) is 10.6. The second-order valence-corrected chi connectivity index (χ2v) is 4.47. The largest absolute Gasteiger partial charge is 0.491 e. The predicted octanol–water partition coefficient (Wildman–Crippen LogP) is 2.08. The van der Waals surface area contributed by atoms with Gasteiger partial charge < -0.3 is 15.2 Å². The second kappa shape index (κ2) is 7.33. The number of aliphatic hydroxyl groups excluding tert-OH is 1. The molecular formula is C15H13F2N3O2. The number of aromatic nitrogens is 1. The van der Waals surface area contributed by atoms with Gasteiger partial charge in [-0.1, -0.05) is 0 Å². The van der Waals surface area contributed by atoms with E-state index in [4.69, 9.17) is 10.00 Å². The molecule has 1 aromatic heterocycles. The van der Waals surface area contributed by atoms with Crippen LogP contribution in [0.2, 0.25) is 0 Å². The summed E-state index contributed by atoms with van der Waals surface area (Å²) in [4.78, 5) is 3.87. The number of nitrogens with zero attached hydrogens (tertiary/aromatic N) is 2. The highest BCUT2D eigenvalue weighted by atomic mass is 19.2. The molecule has 1 atom stereocenters. The molecule has 22 heavy (non-hydrogen) atoms. The fourth-order valence-electron chi connectivity index (χ4n) is 1.62. The molecule has 0 spiro atoms. The molecule has 7 heteroatoms. The fraction of sp³-hybridized carbons (Fsp3) is 0.200. The molecule has 0 aliphatic rings. The quantitative estimate of drug-likeness (QED) is 0.854. The predicted molar refractivity (Wildman–Crippen MR) is 75.3 cm³/mol. The van der Waals surface area contributed by atoms with Crippen molar-refractivity contribution < 1.29 is 18.6 Å². The number of pyridine rings is 1.